The highest BCUT2D eigenvalue weighted by Crippen LogP contribution is 2.38. The van der Waals surface area contributed by atoms with E-state index in [4.69, 9.17) is 10.00 Å². The molecule has 1 N–H and O–H groups in total. The number of halogens is 1. The van der Waals surface area contributed by atoms with Crippen molar-refractivity contribution in [3.05, 3.63) is 75.6 Å². The molecule has 0 fully saturated rings. The monoisotopic (exact) mass is 447 g/mol. The Morgan fingerprint density at radius 3 is 2.42 bits per heavy atom. The van der Waals surface area contributed by atoms with Gasteiger partial charge in [-0.3, -0.25) is 10.1 Å². The molecule has 0 heterocycles. The number of nitro benzene ring substituents is 1. The van der Waals surface area contributed by atoms with Gasteiger partial charge in [-0.05, 0) is 39.3 Å². The van der Waals surface area contributed by atoms with Gasteiger partial charge in [0.15, 0.2) is 0 Å². The molecule has 7 nitrogen and oxygen atoms in total. The van der Waals surface area contributed by atoms with E-state index in [0.717, 1.165) is 23.8 Å². The molecule has 2 aromatic carbocycles. The number of hydrogen-bond acceptors (Lipinski definition) is 6. The number of nitro groups is 1. The maximum absolute atomic E-state index is 14.9. The SMILES string of the molecule is CC(C)(C)[S@+]([O-])N[C@@](C)(C[C@H](OCC#N)c1ccccc1)c1cc([N+](=O)[O-])ccc1F. The standard InChI is InChI=1S/C22H26FN3O4S/c1-21(2,3)31(29)25-22(4,18-14-17(26(27)28)10-11-19(18)23)15-20(30-13-12-24)16-8-6-5-7-9-16/h5-11,14,20,25H,13,15H2,1-4H3/t20-,22-,31-/m0/s1. The summed E-state index contributed by atoms with van der Waals surface area (Å²) in [5.41, 5.74) is -0.830. The summed E-state index contributed by atoms with van der Waals surface area (Å²) < 4.78 is 35.9. The van der Waals surface area contributed by atoms with Gasteiger partial charge in [0.05, 0.1) is 22.6 Å². The summed E-state index contributed by atoms with van der Waals surface area (Å²) in [4.78, 5) is 10.7. The highest BCUT2D eigenvalue weighted by Gasteiger charge is 2.41. The molecule has 166 valence electrons. The van der Waals surface area contributed by atoms with Gasteiger partial charge in [0, 0.05) is 35.5 Å². The fourth-order valence-corrected chi connectivity index (χ4v) is 3.97. The molecule has 3 atom stereocenters. The summed E-state index contributed by atoms with van der Waals surface area (Å²) in [5.74, 6) is -0.668. The van der Waals surface area contributed by atoms with Crippen LogP contribution in [0.5, 0.6) is 0 Å². The van der Waals surface area contributed by atoms with Gasteiger partial charge in [-0.1, -0.05) is 30.3 Å². The van der Waals surface area contributed by atoms with Crippen molar-refractivity contribution in [2.45, 2.75) is 50.5 Å². The van der Waals surface area contributed by atoms with Crippen LogP contribution in [0.1, 0.15) is 51.3 Å². The molecule has 2 aromatic rings. The summed E-state index contributed by atoms with van der Waals surface area (Å²) in [6, 6.07) is 14.3. The molecule has 9 heteroatoms. The van der Waals surface area contributed by atoms with Gasteiger partial charge in [-0.15, -0.1) is 4.72 Å². The van der Waals surface area contributed by atoms with E-state index in [9.17, 15) is 19.1 Å². The first-order valence-corrected chi connectivity index (χ1v) is 10.8. The van der Waals surface area contributed by atoms with E-state index in [2.05, 4.69) is 4.72 Å². The van der Waals surface area contributed by atoms with Gasteiger partial charge >= 0.3 is 0 Å². The summed E-state index contributed by atoms with van der Waals surface area (Å²) in [6.07, 6.45) is -0.563. The van der Waals surface area contributed by atoms with Crippen molar-refractivity contribution in [1.82, 2.24) is 4.72 Å². The van der Waals surface area contributed by atoms with E-state index in [1.165, 1.54) is 0 Å². The zero-order valence-electron chi connectivity index (χ0n) is 17.9. The van der Waals surface area contributed by atoms with Crippen LogP contribution in [0.25, 0.3) is 0 Å². The minimum Gasteiger partial charge on any atom is -0.598 e. The third-order valence-electron chi connectivity index (χ3n) is 4.74. The van der Waals surface area contributed by atoms with Gasteiger partial charge in [-0.25, -0.2) is 4.39 Å². The molecule has 0 radical (unpaired) electrons. The van der Waals surface area contributed by atoms with Crippen LogP contribution >= 0.6 is 0 Å². The van der Waals surface area contributed by atoms with Crippen LogP contribution in [0.15, 0.2) is 48.5 Å². The van der Waals surface area contributed by atoms with E-state index >= 15 is 0 Å². The van der Waals surface area contributed by atoms with Crippen molar-refractivity contribution < 1.29 is 18.6 Å². The summed E-state index contributed by atoms with van der Waals surface area (Å²) in [7, 11) is 0. The number of nitrogens with zero attached hydrogens (tertiary/aromatic N) is 2. The van der Waals surface area contributed by atoms with Crippen LogP contribution in [0.4, 0.5) is 10.1 Å². The van der Waals surface area contributed by atoms with Gasteiger partial charge in [-0.2, -0.15) is 5.26 Å². The molecular weight excluding hydrogens is 421 g/mol. The molecule has 0 saturated heterocycles. The maximum atomic E-state index is 14.9. The quantitative estimate of drug-likeness (QED) is 0.340. The van der Waals surface area contributed by atoms with Crippen LogP contribution in [-0.4, -0.2) is 20.8 Å². The lowest BCUT2D eigenvalue weighted by Gasteiger charge is -2.37. The fourth-order valence-electron chi connectivity index (χ4n) is 3.06. The first-order chi connectivity index (χ1) is 14.5. The highest BCUT2D eigenvalue weighted by atomic mass is 32.2. The number of ether oxygens (including phenoxy) is 1. The Kier molecular flexibility index (Phi) is 8.14. The van der Waals surface area contributed by atoms with E-state index in [-0.39, 0.29) is 24.3 Å². The van der Waals surface area contributed by atoms with Crippen molar-refractivity contribution in [2.75, 3.05) is 6.61 Å². The molecule has 0 aliphatic heterocycles. The van der Waals surface area contributed by atoms with Crippen LogP contribution in [-0.2, 0) is 21.6 Å². The number of nitrogens with one attached hydrogen (secondary N) is 1. The van der Waals surface area contributed by atoms with E-state index in [1.807, 2.05) is 36.4 Å². The average Bonchev–Trinajstić information content (AvgIpc) is 2.71. The lowest BCUT2D eigenvalue weighted by Crippen LogP contribution is -2.51. The van der Waals surface area contributed by atoms with Gasteiger partial charge < -0.3 is 9.29 Å². The second-order valence-electron chi connectivity index (χ2n) is 8.31. The lowest BCUT2D eigenvalue weighted by atomic mass is 9.85. The highest BCUT2D eigenvalue weighted by molar-refractivity contribution is 7.90. The van der Waals surface area contributed by atoms with Gasteiger partial charge in [0.1, 0.15) is 17.2 Å². The molecule has 0 spiro atoms. The predicted molar refractivity (Wildman–Crippen MR) is 117 cm³/mol. The Labute approximate surface area is 184 Å². The zero-order chi connectivity index (χ0) is 23.2. The second-order valence-corrected chi connectivity index (χ2v) is 10.3. The molecule has 31 heavy (non-hydrogen) atoms. The van der Waals surface area contributed by atoms with Crippen LogP contribution in [0.3, 0.4) is 0 Å². The number of benzene rings is 2. The minimum atomic E-state index is -1.62. The Hall–Kier alpha value is -2.51. The average molecular weight is 448 g/mol. The Balaban J connectivity index is 2.57. The minimum absolute atomic E-state index is 0.000730. The summed E-state index contributed by atoms with van der Waals surface area (Å²) >= 11 is -1.62. The number of non-ortho nitro benzene ring substituents is 1. The molecule has 0 amide bonds. The van der Waals surface area contributed by atoms with Crippen LogP contribution in [0, 0.1) is 27.3 Å². The van der Waals surface area contributed by atoms with E-state index < -0.39 is 38.5 Å². The second kappa shape index (κ2) is 10.2. The van der Waals surface area contributed by atoms with E-state index in [1.54, 1.807) is 27.7 Å². The van der Waals surface area contributed by atoms with Crippen molar-refractivity contribution in [3.8, 4) is 6.07 Å². The predicted octanol–water partition coefficient (Wildman–Crippen LogP) is 4.67. The zero-order valence-corrected chi connectivity index (χ0v) is 18.7. The molecular formula is C22H26FN3O4S. The molecule has 0 bridgehead atoms. The van der Waals surface area contributed by atoms with Crippen molar-refractivity contribution in [2.24, 2.45) is 0 Å². The molecule has 2 rings (SSSR count). The van der Waals surface area contributed by atoms with Crippen LogP contribution < -0.4 is 4.72 Å². The fraction of sp³-hybridized carbons (Fsp3) is 0.409. The first kappa shape index (κ1) is 24.8. The van der Waals surface area contributed by atoms with Crippen LogP contribution in [0.2, 0.25) is 0 Å². The Morgan fingerprint density at radius 2 is 1.87 bits per heavy atom. The third-order valence-corrected chi connectivity index (χ3v) is 6.49. The Bertz CT molecular complexity index is 946. The Morgan fingerprint density at radius 1 is 1.23 bits per heavy atom. The smallest absolute Gasteiger partial charge is 0.269 e. The van der Waals surface area contributed by atoms with Gasteiger partial charge in [0.25, 0.3) is 5.69 Å². The summed E-state index contributed by atoms with van der Waals surface area (Å²) in [6.45, 7) is 6.73. The van der Waals surface area contributed by atoms with Crippen molar-refractivity contribution in [1.29, 1.82) is 5.26 Å². The normalized spacial score (nSPS) is 15.5. The lowest BCUT2D eigenvalue weighted by molar-refractivity contribution is -0.385. The molecule has 0 unspecified atom stereocenters. The van der Waals surface area contributed by atoms with Crippen molar-refractivity contribution in [3.63, 3.8) is 0 Å². The number of hydrogen-bond donors (Lipinski definition) is 1. The van der Waals surface area contributed by atoms with Crippen molar-refractivity contribution >= 4 is 17.0 Å². The maximum Gasteiger partial charge on any atom is 0.269 e. The molecule has 0 aliphatic rings. The summed E-state index contributed by atoms with van der Waals surface area (Å²) in [5, 5.41) is 20.3. The first-order valence-electron chi connectivity index (χ1n) is 9.65. The molecule has 0 aromatic heterocycles. The van der Waals surface area contributed by atoms with Gasteiger partial charge in [0.2, 0.25) is 0 Å². The topological polar surface area (TPSA) is 111 Å². The number of rotatable bonds is 9. The third kappa shape index (κ3) is 6.48. The molecule has 0 aliphatic carbocycles. The number of nitriles is 1. The largest absolute Gasteiger partial charge is 0.598 e. The van der Waals surface area contributed by atoms with E-state index in [0.29, 0.717) is 0 Å². The molecule has 0 saturated carbocycles.